The van der Waals surface area contributed by atoms with Gasteiger partial charge in [0.25, 0.3) is 0 Å². The molecular formula is C30H31ClN6O6. The van der Waals surface area contributed by atoms with E-state index in [2.05, 4.69) is 10.3 Å². The van der Waals surface area contributed by atoms with Gasteiger partial charge in [-0.3, -0.25) is 24.3 Å². The normalized spacial score (nSPS) is 18.7. The monoisotopic (exact) mass is 606 g/mol. The summed E-state index contributed by atoms with van der Waals surface area (Å²) in [4.78, 5) is 62.9. The van der Waals surface area contributed by atoms with Gasteiger partial charge in [-0.15, -0.1) is 0 Å². The molecule has 0 aliphatic carbocycles. The van der Waals surface area contributed by atoms with Crippen LogP contribution in [0.25, 0.3) is 0 Å². The summed E-state index contributed by atoms with van der Waals surface area (Å²) in [5.74, 6) is -0.626. The molecule has 1 fully saturated rings. The molecule has 1 aromatic heterocycles. The lowest BCUT2D eigenvalue weighted by Gasteiger charge is -2.35. The minimum atomic E-state index is -0.783. The van der Waals surface area contributed by atoms with Gasteiger partial charge >= 0.3 is 6.03 Å². The van der Waals surface area contributed by atoms with Crippen molar-refractivity contribution >= 4 is 41.1 Å². The summed E-state index contributed by atoms with van der Waals surface area (Å²) in [5, 5.41) is 3.27. The molecule has 0 saturated carbocycles. The maximum Gasteiger partial charge on any atom is 0.326 e. The molecular weight excluding hydrogens is 576 g/mol. The first-order chi connectivity index (χ1) is 20.4. The van der Waals surface area contributed by atoms with E-state index in [0.29, 0.717) is 22.9 Å². The van der Waals surface area contributed by atoms with Gasteiger partial charge in [-0.25, -0.2) is 9.78 Å². The molecule has 0 radical (unpaired) electrons. The third-order valence-corrected chi connectivity index (χ3v) is 7.08. The number of amides is 4. The Kier molecular flexibility index (Phi) is 8.23. The smallest absolute Gasteiger partial charge is 0.326 e. The lowest BCUT2D eigenvalue weighted by molar-refractivity contribution is -0.123. The number of aromatic nitrogens is 1. The number of hydrogen-bond acceptors (Lipinski definition) is 8. The number of nitrogens with zero attached hydrogens (tertiary/aromatic N) is 4. The number of aliphatic imine (C=N–C) groups is 1. The number of ketones is 1. The molecule has 2 unspecified atom stereocenters. The summed E-state index contributed by atoms with van der Waals surface area (Å²) >= 11 is 6.18. The molecule has 1 saturated heterocycles. The highest BCUT2D eigenvalue weighted by molar-refractivity contribution is 6.30. The predicted molar refractivity (Wildman–Crippen MR) is 157 cm³/mol. The lowest BCUT2D eigenvalue weighted by atomic mass is 9.98. The second kappa shape index (κ2) is 11.9. The zero-order valence-corrected chi connectivity index (χ0v) is 24.6. The van der Waals surface area contributed by atoms with Crippen molar-refractivity contribution in [2.45, 2.75) is 44.9 Å². The number of hydrogen-bond donors (Lipinski definition) is 2. The lowest BCUT2D eigenvalue weighted by Crippen LogP contribution is -2.55. The minimum absolute atomic E-state index is 0.136. The SMILES string of the molecule is CC(C)(C)Oc1cc(C(=O)CC(N)=O)ccc1C1=NC(c2ccc(Cl)cc2)C(c2cnco2)N1C(=O)N1CCNC(=O)C1. The van der Waals surface area contributed by atoms with E-state index in [4.69, 9.17) is 31.5 Å². The van der Waals surface area contributed by atoms with Crippen LogP contribution in [0.2, 0.25) is 5.02 Å². The Morgan fingerprint density at radius 1 is 1.16 bits per heavy atom. The Labute approximate surface area is 252 Å². The molecule has 3 aromatic rings. The summed E-state index contributed by atoms with van der Waals surface area (Å²) in [7, 11) is 0. The zero-order valence-electron chi connectivity index (χ0n) is 23.9. The number of carbonyl (C=O) groups is 4. The molecule has 13 heteroatoms. The van der Waals surface area contributed by atoms with Crippen LogP contribution >= 0.6 is 11.6 Å². The van der Waals surface area contributed by atoms with Crippen molar-refractivity contribution in [2.75, 3.05) is 19.6 Å². The van der Waals surface area contributed by atoms with E-state index in [1.165, 1.54) is 34.5 Å². The molecule has 0 spiro atoms. The fourth-order valence-electron chi connectivity index (χ4n) is 5.03. The highest BCUT2D eigenvalue weighted by Crippen LogP contribution is 2.45. The molecule has 2 aliphatic rings. The number of rotatable bonds is 7. The Bertz CT molecular complexity index is 1580. The molecule has 12 nitrogen and oxygen atoms in total. The fourth-order valence-corrected chi connectivity index (χ4v) is 5.15. The highest BCUT2D eigenvalue weighted by atomic mass is 35.5. The van der Waals surface area contributed by atoms with Gasteiger partial charge in [-0.2, -0.15) is 0 Å². The number of halogens is 1. The van der Waals surface area contributed by atoms with Gasteiger partial charge in [0.05, 0.1) is 18.2 Å². The van der Waals surface area contributed by atoms with Gasteiger partial charge in [0, 0.05) is 23.7 Å². The molecule has 3 heterocycles. The number of piperazine rings is 1. The van der Waals surface area contributed by atoms with Crippen LogP contribution in [0, 0.1) is 0 Å². The summed E-state index contributed by atoms with van der Waals surface area (Å²) in [6.45, 7) is 5.97. The number of urea groups is 1. The maximum absolute atomic E-state index is 14.3. The van der Waals surface area contributed by atoms with Crippen molar-refractivity contribution in [3.63, 3.8) is 0 Å². The molecule has 0 bridgehead atoms. The fraction of sp³-hybridized carbons (Fsp3) is 0.333. The largest absolute Gasteiger partial charge is 0.487 e. The van der Waals surface area contributed by atoms with Crippen LogP contribution in [0.3, 0.4) is 0 Å². The van der Waals surface area contributed by atoms with E-state index < -0.39 is 41.8 Å². The number of carbonyl (C=O) groups excluding carboxylic acids is 4. The molecule has 2 atom stereocenters. The molecule has 3 N–H and O–H groups in total. The van der Waals surface area contributed by atoms with Crippen LogP contribution in [-0.2, 0) is 9.59 Å². The summed E-state index contributed by atoms with van der Waals surface area (Å²) in [5.41, 5.74) is 5.94. The number of Topliss-reactive ketones (excluding diaryl/α,β-unsaturated/α-hetero) is 1. The second-order valence-corrected chi connectivity index (χ2v) is 11.6. The Balaban J connectivity index is 1.69. The number of primary amides is 1. The van der Waals surface area contributed by atoms with E-state index in [0.717, 1.165) is 5.56 Å². The topological polar surface area (TPSA) is 160 Å². The maximum atomic E-state index is 14.3. The molecule has 224 valence electrons. The van der Waals surface area contributed by atoms with E-state index in [9.17, 15) is 19.2 Å². The minimum Gasteiger partial charge on any atom is -0.487 e. The molecule has 43 heavy (non-hydrogen) atoms. The van der Waals surface area contributed by atoms with Gasteiger partial charge in [0.2, 0.25) is 11.8 Å². The number of benzene rings is 2. The van der Waals surface area contributed by atoms with Gasteiger partial charge in [-0.05, 0) is 50.6 Å². The van der Waals surface area contributed by atoms with Crippen LogP contribution in [0.5, 0.6) is 5.75 Å². The van der Waals surface area contributed by atoms with Crippen molar-refractivity contribution in [2.24, 2.45) is 10.7 Å². The number of ether oxygens (including phenoxy) is 1. The predicted octanol–water partition coefficient (Wildman–Crippen LogP) is 3.66. The van der Waals surface area contributed by atoms with Crippen molar-refractivity contribution in [3.8, 4) is 5.75 Å². The summed E-state index contributed by atoms with van der Waals surface area (Å²) in [6, 6.07) is 9.87. The Hall–Kier alpha value is -4.71. The first-order valence-electron chi connectivity index (χ1n) is 13.6. The Morgan fingerprint density at radius 3 is 2.53 bits per heavy atom. The molecule has 5 rings (SSSR count). The van der Waals surface area contributed by atoms with E-state index in [-0.39, 0.29) is 36.1 Å². The van der Waals surface area contributed by atoms with E-state index >= 15 is 0 Å². The molecule has 2 aromatic carbocycles. The van der Waals surface area contributed by atoms with Crippen molar-refractivity contribution < 1.29 is 28.3 Å². The third-order valence-electron chi connectivity index (χ3n) is 6.83. The Morgan fingerprint density at radius 2 is 1.91 bits per heavy atom. The van der Waals surface area contributed by atoms with E-state index in [1.54, 1.807) is 18.2 Å². The average Bonchev–Trinajstić information content (AvgIpc) is 3.60. The number of amidine groups is 1. The second-order valence-electron chi connectivity index (χ2n) is 11.2. The standard InChI is InChI=1S/C30H31ClN6O6/c1-30(2,3)43-22-12-18(21(38)13-24(32)39)6-9-20(22)28-35-26(17-4-7-19(31)8-5-17)27(23-14-33-16-42-23)37(28)29(41)36-11-10-34-25(40)15-36/h4-9,12,14,16,26-27H,10-11,13,15H2,1-3H3,(H2,32,39)(H,34,40). The van der Waals surface area contributed by atoms with Gasteiger partial charge in [0.1, 0.15) is 41.6 Å². The van der Waals surface area contributed by atoms with Crippen LogP contribution in [0.15, 0.2) is 64.5 Å². The van der Waals surface area contributed by atoms with Crippen molar-refractivity contribution in [3.05, 3.63) is 82.5 Å². The number of nitrogens with one attached hydrogen (secondary N) is 1. The first kappa shape index (κ1) is 29.8. The van der Waals surface area contributed by atoms with Crippen LogP contribution < -0.4 is 15.8 Å². The quantitative estimate of drug-likeness (QED) is 0.306. The van der Waals surface area contributed by atoms with Crippen molar-refractivity contribution in [1.29, 1.82) is 0 Å². The highest BCUT2D eigenvalue weighted by Gasteiger charge is 2.46. The van der Waals surface area contributed by atoms with Crippen LogP contribution in [0.4, 0.5) is 4.79 Å². The van der Waals surface area contributed by atoms with Gasteiger partial charge < -0.3 is 25.1 Å². The van der Waals surface area contributed by atoms with Gasteiger partial charge in [-0.1, -0.05) is 29.8 Å². The van der Waals surface area contributed by atoms with E-state index in [1.807, 2.05) is 32.9 Å². The average molecular weight is 607 g/mol. The number of nitrogens with two attached hydrogens (primary N) is 1. The van der Waals surface area contributed by atoms with Crippen LogP contribution in [0.1, 0.15) is 66.5 Å². The summed E-state index contributed by atoms with van der Waals surface area (Å²) in [6.07, 6.45) is 2.33. The first-order valence-corrected chi connectivity index (χ1v) is 14.0. The molecule has 4 amide bonds. The third kappa shape index (κ3) is 6.54. The summed E-state index contributed by atoms with van der Waals surface area (Å²) < 4.78 is 12.0. The number of oxazole rings is 1. The van der Waals surface area contributed by atoms with Crippen LogP contribution in [-0.4, -0.2) is 69.5 Å². The zero-order chi connectivity index (χ0) is 30.9. The van der Waals surface area contributed by atoms with Gasteiger partial charge in [0.15, 0.2) is 12.2 Å². The molecule has 2 aliphatic heterocycles. The van der Waals surface area contributed by atoms with Crippen molar-refractivity contribution in [1.82, 2.24) is 20.1 Å².